The lowest BCUT2D eigenvalue weighted by atomic mass is 10.0. The minimum atomic E-state index is -0.279. The Balaban J connectivity index is 1.54. The molecule has 0 aliphatic carbocycles. The van der Waals surface area contributed by atoms with Gasteiger partial charge >= 0.3 is 0 Å². The van der Waals surface area contributed by atoms with E-state index in [0.29, 0.717) is 31.9 Å². The average molecular weight is 364 g/mol. The number of rotatable bonds is 2. The zero-order chi connectivity index (χ0) is 19.0. The summed E-state index contributed by atoms with van der Waals surface area (Å²) in [5, 5.41) is 0. The van der Waals surface area contributed by atoms with Gasteiger partial charge in [-0.05, 0) is 30.2 Å². The monoisotopic (exact) mass is 364 g/mol. The second-order valence-electron chi connectivity index (χ2n) is 7.49. The van der Waals surface area contributed by atoms with Gasteiger partial charge in [-0.25, -0.2) is 0 Å². The number of carbonyl (C=O) groups excluding carboxylic acids is 2. The van der Waals surface area contributed by atoms with Crippen molar-refractivity contribution in [3.63, 3.8) is 0 Å². The third-order valence-corrected chi connectivity index (χ3v) is 5.55. The second kappa shape index (κ2) is 7.16. The number of hydrogen-bond acceptors (Lipinski definition) is 3. The number of ether oxygens (including phenoxy) is 1. The van der Waals surface area contributed by atoms with Crippen LogP contribution in [0.3, 0.4) is 0 Å². The van der Waals surface area contributed by atoms with Crippen molar-refractivity contribution >= 4 is 11.8 Å². The quantitative estimate of drug-likeness (QED) is 0.823. The Bertz CT molecular complexity index is 845. The van der Waals surface area contributed by atoms with Crippen molar-refractivity contribution in [3.05, 3.63) is 59.7 Å². The van der Waals surface area contributed by atoms with Crippen LogP contribution in [0.1, 0.15) is 15.9 Å². The molecule has 0 saturated carbocycles. The van der Waals surface area contributed by atoms with E-state index in [1.54, 1.807) is 16.8 Å². The summed E-state index contributed by atoms with van der Waals surface area (Å²) < 4.78 is 5.61. The second-order valence-corrected chi connectivity index (χ2v) is 7.49. The standard InChI is InChI=1S/C22H24N2O3/c1-15-3-5-16(6-4-15)17-7-9-18(10-8-17)22(26)24-11-19-13-27-14-20(12-24)23(2)21(19)25/h3-10,19-20H,11-14H2,1-2H3/t19-,20+/m1/s1. The highest BCUT2D eigenvalue weighted by atomic mass is 16.5. The van der Waals surface area contributed by atoms with Gasteiger partial charge in [0.25, 0.3) is 5.91 Å². The van der Waals surface area contributed by atoms with E-state index in [-0.39, 0.29) is 23.8 Å². The number of carbonyl (C=O) groups is 2. The first-order valence-electron chi connectivity index (χ1n) is 9.34. The molecule has 0 aromatic heterocycles. The number of benzene rings is 2. The molecule has 5 heteroatoms. The van der Waals surface area contributed by atoms with Crippen LogP contribution in [-0.4, -0.2) is 61.0 Å². The van der Waals surface area contributed by atoms with Crippen molar-refractivity contribution in [1.82, 2.24) is 9.80 Å². The zero-order valence-electron chi connectivity index (χ0n) is 15.7. The van der Waals surface area contributed by atoms with Crippen LogP contribution in [0.2, 0.25) is 0 Å². The summed E-state index contributed by atoms with van der Waals surface area (Å²) in [4.78, 5) is 29.1. The highest BCUT2D eigenvalue weighted by Crippen LogP contribution is 2.23. The fourth-order valence-electron chi connectivity index (χ4n) is 3.80. The Labute approximate surface area is 159 Å². The maximum Gasteiger partial charge on any atom is 0.253 e. The molecule has 0 N–H and O–H groups in total. The molecule has 0 radical (unpaired) electrons. The van der Waals surface area contributed by atoms with Crippen molar-refractivity contribution in [2.45, 2.75) is 13.0 Å². The summed E-state index contributed by atoms with van der Waals surface area (Å²) in [6, 6.07) is 16.0. The van der Waals surface area contributed by atoms with E-state index in [1.807, 2.05) is 24.3 Å². The van der Waals surface area contributed by atoms with Crippen LogP contribution < -0.4 is 0 Å². The van der Waals surface area contributed by atoms with Gasteiger partial charge in [0.15, 0.2) is 0 Å². The van der Waals surface area contributed by atoms with Crippen LogP contribution >= 0.6 is 0 Å². The van der Waals surface area contributed by atoms with E-state index in [2.05, 4.69) is 31.2 Å². The molecule has 5 nitrogen and oxygen atoms in total. The molecule has 140 valence electrons. The molecule has 2 fully saturated rings. The van der Waals surface area contributed by atoms with Gasteiger partial charge in [0.2, 0.25) is 5.91 Å². The molecule has 27 heavy (non-hydrogen) atoms. The third-order valence-electron chi connectivity index (χ3n) is 5.55. The first kappa shape index (κ1) is 17.7. The molecule has 2 aromatic carbocycles. The molecule has 2 amide bonds. The Morgan fingerprint density at radius 1 is 0.963 bits per heavy atom. The topological polar surface area (TPSA) is 49.9 Å². The highest BCUT2D eigenvalue weighted by Gasteiger charge is 2.38. The number of fused-ring (bicyclic) bond motifs is 3. The van der Waals surface area contributed by atoms with E-state index >= 15 is 0 Å². The number of likely N-dealkylation sites (N-methyl/N-ethyl adjacent to an activating group) is 1. The molecular weight excluding hydrogens is 340 g/mol. The fourth-order valence-corrected chi connectivity index (χ4v) is 3.80. The molecular formula is C22H24N2O3. The molecule has 2 atom stereocenters. The number of hydrogen-bond donors (Lipinski definition) is 0. The van der Waals surface area contributed by atoms with Crippen LogP contribution in [0.5, 0.6) is 0 Å². The van der Waals surface area contributed by atoms with Crippen molar-refractivity contribution < 1.29 is 14.3 Å². The lowest BCUT2D eigenvalue weighted by Gasteiger charge is -2.29. The number of amides is 2. The van der Waals surface area contributed by atoms with E-state index in [4.69, 9.17) is 4.74 Å². The maximum atomic E-state index is 13.0. The Morgan fingerprint density at radius 2 is 1.59 bits per heavy atom. The van der Waals surface area contributed by atoms with Gasteiger partial charge in [0.05, 0.1) is 25.2 Å². The van der Waals surface area contributed by atoms with Gasteiger partial charge < -0.3 is 14.5 Å². The molecule has 2 aromatic rings. The Morgan fingerprint density at radius 3 is 2.26 bits per heavy atom. The molecule has 2 bridgehead atoms. The average Bonchev–Trinajstić information content (AvgIpc) is 2.87. The van der Waals surface area contributed by atoms with E-state index in [1.165, 1.54) is 5.56 Å². The smallest absolute Gasteiger partial charge is 0.253 e. The minimum Gasteiger partial charge on any atom is -0.378 e. The number of aryl methyl sites for hydroxylation is 1. The molecule has 2 aliphatic heterocycles. The molecule has 0 unspecified atom stereocenters. The van der Waals surface area contributed by atoms with Crippen LogP contribution in [0.25, 0.3) is 11.1 Å². The summed E-state index contributed by atoms with van der Waals surface area (Å²) in [7, 11) is 1.80. The lowest BCUT2D eigenvalue weighted by Crippen LogP contribution is -2.45. The van der Waals surface area contributed by atoms with Crippen molar-refractivity contribution in [2.75, 3.05) is 33.4 Å². The highest BCUT2D eigenvalue weighted by molar-refractivity contribution is 5.95. The fraction of sp³-hybridized carbons (Fsp3) is 0.364. The van der Waals surface area contributed by atoms with Crippen LogP contribution in [0, 0.1) is 12.8 Å². The zero-order valence-corrected chi connectivity index (χ0v) is 15.7. The van der Waals surface area contributed by atoms with Crippen LogP contribution in [0.4, 0.5) is 0 Å². The van der Waals surface area contributed by atoms with Crippen LogP contribution in [-0.2, 0) is 9.53 Å². The molecule has 4 rings (SSSR count). The Hall–Kier alpha value is -2.66. The van der Waals surface area contributed by atoms with Gasteiger partial charge in [0, 0.05) is 25.7 Å². The van der Waals surface area contributed by atoms with Crippen molar-refractivity contribution in [3.8, 4) is 11.1 Å². The summed E-state index contributed by atoms with van der Waals surface area (Å²) in [6.07, 6.45) is 0. The van der Waals surface area contributed by atoms with E-state index in [9.17, 15) is 9.59 Å². The van der Waals surface area contributed by atoms with Gasteiger partial charge in [-0.1, -0.05) is 42.0 Å². The summed E-state index contributed by atoms with van der Waals surface area (Å²) in [6.45, 7) is 3.86. The predicted octanol–water partition coefficient (Wildman–Crippen LogP) is 2.59. The largest absolute Gasteiger partial charge is 0.378 e. The summed E-state index contributed by atoms with van der Waals surface area (Å²) in [5.74, 6) is -0.230. The maximum absolute atomic E-state index is 13.0. The first-order valence-corrected chi connectivity index (χ1v) is 9.34. The first-order chi connectivity index (χ1) is 13.0. The van der Waals surface area contributed by atoms with Crippen LogP contribution in [0.15, 0.2) is 48.5 Å². The molecule has 2 heterocycles. The summed E-state index contributed by atoms with van der Waals surface area (Å²) >= 11 is 0. The predicted molar refractivity (Wildman–Crippen MR) is 103 cm³/mol. The van der Waals surface area contributed by atoms with Gasteiger partial charge in [-0.3, -0.25) is 9.59 Å². The molecule has 2 aliphatic rings. The van der Waals surface area contributed by atoms with Gasteiger partial charge in [-0.2, -0.15) is 0 Å². The Kier molecular flexibility index (Phi) is 4.70. The molecule has 0 spiro atoms. The third kappa shape index (κ3) is 3.47. The minimum absolute atomic E-state index is 0.0227. The van der Waals surface area contributed by atoms with E-state index in [0.717, 1.165) is 11.1 Å². The van der Waals surface area contributed by atoms with Gasteiger partial charge in [0.1, 0.15) is 0 Å². The lowest BCUT2D eigenvalue weighted by molar-refractivity contribution is -0.133. The SMILES string of the molecule is Cc1ccc(-c2ccc(C(=O)N3C[C@@H]4COC[C@H](C3)N(C)C4=O)cc2)cc1. The molecule has 2 saturated heterocycles. The van der Waals surface area contributed by atoms with Crippen molar-refractivity contribution in [2.24, 2.45) is 5.92 Å². The van der Waals surface area contributed by atoms with E-state index < -0.39 is 0 Å². The summed E-state index contributed by atoms with van der Waals surface area (Å²) in [5.41, 5.74) is 4.10. The normalized spacial score (nSPS) is 22.5. The van der Waals surface area contributed by atoms with Crippen molar-refractivity contribution in [1.29, 1.82) is 0 Å². The number of nitrogens with zero attached hydrogens (tertiary/aromatic N) is 2. The van der Waals surface area contributed by atoms with Gasteiger partial charge in [-0.15, -0.1) is 0 Å².